The Morgan fingerprint density at radius 3 is 2.64 bits per heavy atom. The minimum Gasteiger partial charge on any atom is -0.370 e. The van der Waals surface area contributed by atoms with E-state index in [1.165, 1.54) is 0 Å². The van der Waals surface area contributed by atoms with Crippen LogP contribution in [0.25, 0.3) is 0 Å². The number of benzene rings is 1. The fourth-order valence-electron chi connectivity index (χ4n) is 2.31. The van der Waals surface area contributed by atoms with Gasteiger partial charge in [0.1, 0.15) is 6.61 Å². The first-order valence-electron chi connectivity index (χ1n) is 6.96. The standard InChI is InChI=1S/C15H17BrF3NO2/c1-9(7-22-8-15(17,18)19)20-14(21)13-6-12(13)10-2-4-11(16)5-3-10/h2-5,9,12-13H,6-8H2,1H3,(H,20,21). The Morgan fingerprint density at radius 1 is 1.41 bits per heavy atom. The first-order valence-corrected chi connectivity index (χ1v) is 7.76. The van der Waals surface area contributed by atoms with Gasteiger partial charge >= 0.3 is 6.18 Å². The molecule has 3 atom stereocenters. The van der Waals surface area contributed by atoms with Crippen molar-refractivity contribution in [3.05, 3.63) is 34.3 Å². The van der Waals surface area contributed by atoms with E-state index in [9.17, 15) is 18.0 Å². The Hall–Kier alpha value is -1.08. The molecule has 3 unspecified atom stereocenters. The van der Waals surface area contributed by atoms with Gasteiger partial charge in [0.05, 0.1) is 6.61 Å². The molecule has 1 saturated carbocycles. The van der Waals surface area contributed by atoms with Gasteiger partial charge in [-0.15, -0.1) is 0 Å². The van der Waals surface area contributed by atoms with E-state index in [0.29, 0.717) is 0 Å². The van der Waals surface area contributed by atoms with Crippen LogP contribution in [0, 0.1) is 5.92 Å². The van der Waals surface area contributed by atoms with Crippen LogP contribution in [0.15, 0.2) is 28.7 Å². The molecule has 1 N–H and O–H groups in total. The zero-order valence-corrected chi connectivity index (χ0v) is 13.6. The van der Waals surface area contributed by atoms with Crippen molar-refractivity contribution in [3.63, 3.8) is 0 Å². The number of rotatable bonds is 6. The average molecular weight is 380 g/mol. The smallest absolute Gasteiger partial charge is 0.370 e. The molecule has 1 aromatic carbocycles. The highest BCUT2D eigenvalue weighted by Crippen LogP contribution is 2.47. The molecule has 7 heteroatoms. The summed E-state index contributed by atoms with van der Waals surface area (Å²) in [6.45, 7) is 0.185. The number of carbonyl (C=O) groups is 1. The predicted molar refractivity (Wildman–Crippen MR) is 79.5 cm³/mol. The zero-order valence-electron chi connectivity index (χ0n) is 12.0. The summed E-state index contributed by atoms with van der Waals surface area (Å²) in [5.74, 6) is -0.0429. The molecule has 1 amide bonds. The summed E-state index contributed by atoms with van der Waals surface area (Å²) in [7, 11) is 0. The van der Waals surface area contributed by atoms with Crippen molar-refractivity contribution in [2.24, 2.45) is 5.92 Å². The number of hydrogen-bond donors (Lipinski definition) is 1. The summed E-state index contributed by atoms with van der Waals surface area (Å²) in [4.78, 5) is 12.0. The van der Waals surface area contributed by atoms with Crippen LogP contribution >= 0.6 is 15.9 Å². The van der Waals surface area contributed by atoms with Crippen molar-refractivity contribution < 1.29 is 22.7 Å². The lowest BCUT2D eigenvalue weighted by molar-refractivity contribution is -0.175. The van der Waals surface area contributed by atoms with E-state index in [-0.39, 0.29) is 24.3 Å². The maximum Gasteiger partial charge on any atom is 0.411 e. The van der Waals surface area contributed by atoms with Gasteiger partial charge in [-0.1, -0.05) is 28.1 Å². The van der Waals surface area contributed by atoms with Gasteiger partial charge in [0.25, 0.3) is 0 Å². The molecule has 0 bridgehead atoms. The van der Waals surface area contributed by atoms with Crippen LogP contribution < -0.4 is 5.32 Å². The van der Waals surface area contributed by atoms with Gasteiger partial charge in [-0.05, 0) is 37.0 Å². The zero-order chi connectivity index (χ0) is 16.3. The second-order valence-corrected chi connectivity index (χ2v) is 6.46. The van der Waals surface area contributed by atoms with Crippen LogP contribution in [0.1, 0.15) is 24.8 Å². The van der Waals surface area contributed by atoms with E-state index in [4.69, 9.17) is 0 Å². The SMILES string of the molecule is CC(COCC(F)(F)F)NC(=O)C1CC1c1ccc(Br)cc1. The molecule has 0 saturated heterocycles. The van der Waals surface area contributed by atoms with Crippen LogP contribution in [-0.4, -0.2) is 31.3 Å². The number of alkyl halides is 3. The first-order chi connectivity index (χ1) is 10.3. The second kappa shape index (κ2) is 7.00. The monoisotopic (exact) mass is 379 g/mol. The molecule has 0 radical (unpaired) electrons. The van der Waals surface area contributed by atoms with Crippen LogP contribution in [0.3, 0.4) is 0 Å². The molecular formula is C15H17BrF3NO2. The van der Waals surface area contributed by atoms with E-state index >= 15 is 0 Å². The van der Waals surface area contributed by atoms with Crippen LogP contribution in [0.4, 0.5) is 13.2 Å². The summed E-state index contributed by atoms with van der Waals surface area (Å²) in [5, 5.41) is 2.70. The summed E-state index contributed by atoms with van der Waals surface area (Å²) < 4.78 is 41.4. The predicted octanol–water partition coefficient (Wildman–Crippen LogP) is 3.64. The Labute approximate surface area is 135 Å². The number of nitrogens with one attached hydrogen (secondary N) is 1. The Bertz CT molecular complexity index is 519. The third-order valence-electron chi connectivity index (χ3n) is 3.45. The molecule has 0 spiro atoms. The number of ether oxygens (including phenoxy) is 1. The molecule has 1 aromatic rings. The van der Waals surface area contributed by atoms with E-state index in [0.717, 1.165) is 16.5 Å². The summed E-state index contributed by atoms with van der Waals surface area (Å²) in [5.41, 5.74) is 1.10. The van der Waals surface area contributed by atoms with Gasteiger partial charge in [-0.3, -0.25) is 4.79 Å². The maximum atomic E-state index is 12.0. The molecular weight excluding hydrogens is 363 g/mol. The first kappa shape index (κ1) is 17.3. The summed E-state index contributed by atoms with van der Waals surface area (Å²) >= 11 is 3.36. The molecule has 1 fully saturated rings. The van der Waals surface area contributed by atoms with Gasteiger partial charge in [-0.25, -0.2) is 0 Å². The number of amides is 1. The summed E-state index contributed by atoms with van der Waals surface area (Å²) in [6.07, 6.45) is -3.57. The van der Waals surface area contributed by atoms with E-state index in [1.807, 2.05) is 24.3 Å². The number of carbonyl (C=O) groups excluding carboxylic acids is 1. The lowest BCUT2D eigenvalue weighted by atomic mass is 10.1. The lowest BCUT2D eigenvalue weighted by Crippen LogP contribution is -2.38. The van der Waals surface area contributed by atoms with Crippen molar-refractivity contribution in [3.8, 4) is 0 Å². The second-order valence-electron chi connectivity index (χ2n) is 5.54. The van der Waals surface area contributed by atoms with Gasteiger partial charge in [-0.2, -0.15) is 13.2 Å². The highest BCUT2D eigenvalue weighted by atomic mass is 79.9. The van der Waals surface area contributed by atoms with E-state index in [1.54, 1.807) is 6.92 Å². The van der Waals surface area contributed by atoms with Crippen molar-refractivity contribution in [1.29, 1.82) is 0 Å². The van der Waals surface area contributed by atoms with Crippen LogP contribution in [0.2, 0.25) is 0 Å². The molecule has 0 heterocycles. The average Bonchev–Trinajstić information content (AvgIpc) is 3.18. The number of halogens is 4. The lowest BCUT2D eigenvalue weighted by Gasteiger charge is -2.15. The normalized spacial score (nSPS) is 22.2. The molecule has 0 aromatic heterocycles. The topological polar surface area (TPSA) is 38.3 Å². The minimum atomic E-state index is -4.34. The number of hydrogen-bond acceptors (Lipinski definition) is 2. The van der Waals surface area contributed by atoms with Crippen molar-refractivity contribution in [1.82, 2.24) is 5.32 Å². The quantitative estimate of drug-likeness (QED) is 0.819. The molecule has 1 aliphatic rings. The molecule has 2 rings (SSSR count). The maximum absolute atomic E-state index is 12.0. The van der Waals surface area contributed by atoms with E-state index in [2.05, 4.69) is 26.0 Å². The van der Waals surface area contributed by atoms with Crippen LogP contribution in [-0.2, 0) is 9.53 Å². The fraction of sp³-hybridized carbons (Fsp3) is 0.533. The molecule has 22 heavy (non-hydrogen) atoms. The third-order valence-corrected chi connectivity index (χ3v) is 3.98. The van der Waals surface area contributed by atoms with Crippen molar-refractivity contribution >= 4 is 21.8 Å². The summed E-state index contributed by atoms with van der Waals surface area (Å²) in [6, 6.07) is 7.35. The minimum absolute atomic E-state index is 0.105. The van der Waals surface area contributed by atoms with Crippen LogP contribution in [0.5, 0.6) is 0 Å². The highest BCUT2D eigenvalue weighted by molar-refractivity contribution is 9.10. The Balaban J connectivity index is 1.73. The van der Waals surface area contributed by atoms with E-state index < -0.39 is 18.8 Å². The van der Waals surface area contributed by atoms with Gasteiger partial charge in [0, 0.05) is 16.4 Å². The molecule has 0 aliphatic heterocycles. The highest BCUT2D eigenvalue weighted by Gasteiger charge is 2.44. The van der Waals surface area contributed by atoms with Gasteiger partial charge in [0.15, 0.2) is 0 Å². The fourth-order valence-corrected chi connectivity index (χ4v) is 2.57. The van der Waals surface area contributed by atoms with Gasteiger partial charge in [0.2, 0.25) is 5.91 Å². The molecule has 3 nitrogen and oxygen atoms in total. The Kier molecular flexibility index (Phi) is 5.50. The third kappa shape index (κ3) is 5.28. The Morgan fingerprint density at radius 2 is 2.05 bits per heavy atom. The van der Waals surface area contributed by atoms with Gasteiger partial charge < -0.3 is 10.1 Å². The molecule has 122 valence electrons. The molecule has 1 aliphatic carbocycles. The van der Waals surface area contributed by atoms with Crippen molar-refractivity contribution in [2.75, 3.05) is 13.2 Å². The largest absolute Gasteiger partial charge is 0.411 e. The van der Waals surface area contributed by atoms with Crippen molar-refractivity contribution in [2.45, 2.75) is 31.5 Å².